The van der Waals surface area contributed by atoms with Crippen LogP contribution < -0.4 is 4.74 Å². The first-order valence-corrected chi connectivity index (χ1v) is 9.52. The van der Waals surface area contributed by atoms with Gasteiger partial charge >= 0.3 is 5.97 Å². The summed E-state index contributed by atoms with van der Waals surface area (Å²) in [6.07, 6.45) is 1.27. The second-order valence-electron chi connectivity index (χ2n) is 6.92. The van der Waals surface area contributed by atoms with E-state index in [1.54, 1.807) is 12.1 Å². The van der Waals surface area contributed by atoms with Crippen molar-refractivity contribution in [3.63, 3.8) is 0 Å². The molecule has 168 valence electrons. The van der Waals surface area contributed by atoms with Crippen LogP contribution in [0.5, 0.6) is 5.75 Å². The lowest BCUT2D eigenvalue weighted by molar-refractivity contribution is -0.394. The number of fused-ring (bicyclic) bond motifs is 1. The Morgan fingerprint density at radius 1 is 0.853 bits per heavy atom. The van der Waals surface area contributed by atoms with Crippen molar-refractivity contribution in [2.24, 2.45) is 5.10 Å². The molecule has 3 aromatic rings. The fraction of sp³-hybridized carbons (Fsp3) is 0. The number of hydrogen-bond donors (Lipinski definition) is 0. The van der Waals surface area contributed by atoms with Gasteiger partial charge < -0.3 is 4.74 Å². The van der Waals surface area contributed by atoms with Gasteiger partial charge in [-0.2, -0.15) is 10.1 Å². The van der Waals surface area contributed by atoms with E-state index in [0.717, 1.165) is 23.2 Å². The number of ether oxygens (including phenoxy) is 1. The Morgan fingerprint density at radius 2 is 1.38 bits per heavy atom. The minimum absolute atomic E-state index is 0.0528. The molecule has 0 spiro atoms. The van der Waals surface area contributed by atoms with E-state index in [1.165, 1.54) is 42.6 Å². The number of esters is 1. The van der Waals surface area contributed by atoms with Crippen molar-refractivity contribution in [1.29, 1.82) is 0 Å². The molecule has 0 fully saturated rings. The number of rotatable bonds is 6. The highest BCUT2D eigenvalue weighted by atomic mass is 16.6. The second-order valence-corrected chi connectivity index (χ2v) is 6.92. The zero-order valence-corrected chi connectivity index (χ0v) is 17.0. The van der Waals surface area contributed by atoms with Crippen molar-refractivity contribution in [2.45, 2.75) is 0 Å². The summed E-state index contributed by atoms with van der Waals surface area (Å²) in [5.74, 6) is -2.07. The second kappa shape index (κ2) is 8.70. The van der Waals surface area contributed by atoms with E-state index >= 15 is 0 Å². The van der Waals surface area contributed by atoms with Crippen LogP contribution >= 0.6 is 0 Å². The zero-order chi connectivity index (χ0) is 24.4. The molecule has 1 aliphatic rings. The van der Waals surface area contributed by atoms with Gasteiger partial charge in [0, 0.05) is 12.1 Å². The number of hydrogen-bond acceptors (Lipinski definition) is 9. The summed E-state index contributed by atoms with van der Waals surface area (Å²) in [4.78, 5) is 57.2. The van der Waals surface area contributed by atoms with E-state index in [4.69, 9.17) is 4.74 Å². The van der Waals surface area contributed by atoms with Gasteiger partial charge in [-0.3, -0.25) is 29.8 Å². The van der Waals surface area contributed by atoms with Crippen LogP contribution in [0.3, 0.4) is 0 Å². The molecule has 1 heterocycles. The molecule has 0 N–H and O–H groups in total. The first-order valence-electron chi connectivity index (χ1n) is 9.52. The molecule has 12 heteroatoms. The largest absolute Gasteiger partial charge is 0.423 e. The normalized spacial score (nSPS) is 12.6. The number of nitro benzene ring substituents is 2. The number of carbonyl (C=O) groups excluding carboxylic acids is 3. The smallest absolute Gasteiger partial charge is 0.344 e. The van der Waals surface area contributed by atoms with E-state index in [0.29, 0.717) is 5.56 Å². The van der Waals surface area contributed by atoms with E-state index < -0.39 is 39.0 Å². The third kappa shape index (κ3) is 4.23. The summed E-state index contributed by atoms with van der Waals surface area (Å²) < 4.78 is 5.13. The van der Waals surface area contributed by atoms with Crippen LogP contribution in [0.25, 0.3) is 0 Å². The Morgan fingerprint density at radius 3 is 1.88 bits per heavy atom. The standard InChI is InChI=1S/C22H12N4O8/c27-20-18-3-1-2-4-19(18)21(28)24(20)23-12-13-5-7-17(8-6-13)34-22(29)14-9-15(25(30)31)11-16(10-14)26(32)33/h1-12H/b23-12+. The highest BCUT2D eigenvalue weighted by molar-refractivity contribution is 6.21. The van der Waals surface area contributed by atoms with Gasteiger partial charge in [0.05, 0.1) is 38.8 Å². The maximum atomic E-state index is 12.4. The molecule has 12 nitrogen and oxygen atoms in total. The lowest BCUT2D eigenvalue weighted by Gasteiger charge is -2.06. The Balaban J connectivity index is 1.47. The number of nitro groups is 2. The molecule has 1 aliphatic heterocycles. The first-order chi connectivity index (χ1) is 16.2. The third-order valence-electron chi connectivity index (χ3n) is 4.75. The molecule has 0 saturated carbocycles. The quantitative estimate of drug-likeness (QED) is 0.135. The molecule has 0 aromatic heterocycles. The predicted octanol–water partition coefficient (Wildman–Crippen LogP) is 3.35. The maximum absolute atomic E-state index is 12.4. The van der Waals surface area contributed by atoms with Crippen LogP contribution in [-0.4, -0.2) is 38.9 Å². The minimum Gasteiger partial charge on any atom is -0.423 e. The number of non-ortho nitro benzene ring substituents is 2. The van der Waals surface area contributed by atoms with Crippen LogP contribution in [0.4, 0.5) is 11.4 Å². The summed E-state index contributed by atoms with van der Waals surface area (Å²) in [6.45, 7) is 0. The van der Waals surface area contributed by atoms with E-state index in [2.05, 4.69) is 5.10 Å². The number of imide groups is 1. The van der Waals surface area contributed by atoms with Crippen LogP contribution in [0.2, 0.25) is 0 Å². The number of hydrazone groups is 1. The lowest BCUT2D eigenvalue weighted by atomic mass is 10.1. The molecular formula is C22H12N4O8. The van der Waals surface area contributed by atoms with Gasteiger partial charge in [0.1, 0.15) is 5.75 Å². The number of amides is 2. The predicted molar refractivity (Wildman–Crippen MR) is 116 cm³/mol. The summed E-state index contributed by atoms with van der Waals surface area (Å²) >= 11 is 0. The average molecular weight is 460 g/mol. The van der Waals surface area contributed by atoms with Crippen molar-refractivity contribution < 1.29 is 29.0 Å². The molecule has 0 atom stereocenters. The molecular weight excluding hydrogens is 448 g/mol. The molecule has 3 aromatic carbocycles. The molecule has 2 amide bonds. The monoisotopic (exact) mass is 460 g/mol. The SMILES string of the molecule is O=C(Oc1ccc(/C=N/N2C(=O)c3ccccc3C2=O)cc1)c1cc([N+](=O)[O-])cc([N+](=O)[O-])c1. The van der Waals surface area contributed by atoms with Gasteiger partial charge in [-0.25, -0.2) is 4.79 Å². The van der Waals surface area contributed by atoms with Crippen LogP contribution in [0, 0.1) is 20.2 Å². The molecule has 4 rings (SSSR count). The Bertz CT molecular complexity index is 1330. The highest BCUT2D eigenvalue weighted by Gasteiger charge is 2.35. The first kappa shape index (κ1) is 22.0. The average Bonchev–Trinajstić information content (AvgIpc) is 3.08. The number of benzene rings is 3. The van der Waals surface area contributed by atoms with Gasteiger partial charge in [0.15, 0.2) is 0 Å². The molecule has 0 radical (unpaired) electrons. The zero-order valence-electron chi connectivity index (χ0n) is 17.0. The van der Waals surface area contributed by atoms with E-state index in [-0.39, 0.29) is 22.4 Å². The van der Waals surface area contributed by atoms with Crippen molar-refractivity contribution in [1.82, 2.24) is 5.01 Å². The van der Waals surface area contributed by atoms with Gasteiger partial charge in [-0.05, 0) is 42.0 Å². The molecule has 34 heavy (non-hydrogen) atoms. The van der Waals surface area contributed by atoms with Gasteiger partial charge in [0.2, 0.25) is 0 Å². The topological polar surface area (TPSA) is 162 Å². The van der Waals surface area contributed by atoms with E-state index in [9.17, 15) is 34.6 Å². The van der Waals surface area contributed by atoms with Crippen molar-refractivity contribution in [2.75, 3.05) is 0 Å². The summed E-state index contributed by atoms with van der Waals surface area (Å²) in [7, 11) is 0. The Kier molecular flexibility index (Phi) is 5.62. The van der Waals surface area contributed by atoms with Crippen molar-refractivity contribution in [3.05, 3.63) is 109 Å². The van der Waals surface area contributed by atoms with Crippen LogP contribution in [-0.2, 0) is 0 Å². The number of nitrogens with zero attached hydrogens (tertiary/aromatic N) is 4. The Labute approximate surface area is 190 Å². The minimum atomic E-state index is -1.03. The maximum Gasteiger partial charge on any atom is 0.344 e. The Hall–Kier alpha value is -5.26. The van der Waals surface area contributed by atoms with Gasteiger partial charge in [-0.1, -0.05) is 12.1 Å². The summed E-state index contributed by atoms with van der Waals surface area (Å²) in [6, 6.07) is 14.6. The molecule has 0 aliphatic carbocycles. The fourth-order valence-electron chi connectivity index (χ4n) is 3.12. The van der Waals surface area contributed by atoms with Gasteiger partial charge in [0.25, 0.3) is 23.2 Å². The lowest BCUT2D eigenvalue weighted by Crippen LogP contribution is -2.23. The van der Waals surface area contributed by atoms with E-state index in [1.807, 2.05) is 0 Å². The third-order valence-corrected chi connectivity index (χ3v) is 4.75. The van der Waals surface area contributed by atoms with Crippen molar-refractivity contribution >= 4 is 35.4 Å². The fourth-order valence-corrected chi connectivity index (χ4v) is 3.12. The van der Waals surface area contributed by atoms with Gasteiger partial charge in [-0.15, -0.1) is 0 Å². The molecule has 0 unspecified atom stereocenters. The number of carbonyl (C=O) groups is 3. The van der Waals surface area contributed by atoms with Crippen molar-refractivity contribution in [3.8, 4) is 5.75 Å². The molecule has 0 saturated heterocycles. The highest BCUT2D eigenvalue weighted by Crippen LogP contribution is 2.25. The van der Waals surface area contributed by atoms with Crippen LogP contribution in [0.1, 0.15) is 36.6 Å². The van der Waals surface area contributed by atoms with Crippen LogP contribution in [0.15, 0.2) is 71.8 Å². The molecule has 0 bridgehead atoms. The summed E-state index contributed by atoms with van der Waals surface area (Å²) in [5, 5.41) is 26.6. The summed E-state index contributed by atoms with van der Waals surface area (Å²) in [5.41, 5.74) is -0.622.